The lowest BCUT2D eigenvalue weighted by molar-refractivity contribution is 0.795. The molecule has 2 heteroatoms. The largest absolute Gasteiger partial charge is 0.252 e. The molecule has 51 heavy (non-hydrogen) atoms. The molecule has 0 bridgehead atoms. The molecule has 0 N–H and O–H groups in total. The molecule has 2 nitrogen and oxygen atoms in total. The molecule has 236 valence electrons. The summed E-state index contributed by atoms with van der Waals surface area (Å²) in [6.07, 6.45) is 3.72. The SMILES string of the molecule is c1ccc(-c2cnc(-c3ccc(-c4ccc5cc6c(cc5c4)C4(c5ccccc5-c5ccccc54)c4ccc5ccccc5c4-6)cc3)cn2)cc1. The molecule has 0 aliphatic heterocycles. The van der Waals surface area contributed by atoms with Crippen molar-refractivity contribution >= 4 is 21.5 Å². The van der Waals surface area contributed by atoms with Gasteiger partial charge in [-0.15, -0.1) is 0 Å². The van der Waals surface area contributed by atoms with E-state index in [1.54, 1.807) is 0 Å². The van der Waals surface area contributed by atoms with Crippen molar-refractivity contribution in [2.24, 2.45) is 0 Å². The number of hydrogen-bond acceptors (Lipinski definition) is 2. The van der Waals surface area contributed by atoms with Crippen molar-refractivity contribution in [3.63, 3.8) is 0 Å². The fourth-order valence-corrected chi connectivity index (χ4v) is 8.90. The zero-order valence-corrected chi connectivity index (χ0v) is 27.7. The van der Waals surface area contributed by atoms with Gasteiger partial charge in [0.15, 0.2) is 0 Å². The molecule has 1 aromatic heterocycles. The second kappa shape index (κ2) is 10.7. The molecule has 0 unspecified atom stereocenters. The van der Waals surface area contributed by atoms with E-state index < -0.39 is 0 Å². The number of hydrogen-bond donors (Lipinski definition) is 0. The van der Waals surface area contributed by atoms with E-state index in [1.165, 1.54) is 77.2 Å². The Morgan fingerprint density at radius 2 is 0.922 bits per heavy atom. The lowest BCUT2D eigenvalue weighted by Crippen LogP contribution is -2.25. The summed E-state index contributed by atoms with van der Waals surface area (Å²) in [5.41, 5.74) is 16.7. The third-order valence-corrected chi connectivity index (χ3v) is 11.2. The van der Waals surface area contributed by atoms with Gasteiger partial charge in [-0.05, 0) is 95.4 Å². The van der Waals surface area contributed by atoms with Gasteiger partial charge in [0, 0.05) is 11.1 Å². The van der Waals surface area contributed by atoms with Crippen LogP contribution in [-0.2, 0) is 5.41 Å². The molecule has 1 spiro atoms. The molecule has 0 atom stereocenters. The minimum atomic E-state index is -0.384. The number of fused-ring (bicyclic) bond motifs is 13. The maximum atomic E-state index is 4.74. The molecule has 11 rings (SSSR count). The van der Waals surface area contributed by atoms with Crippen molar-refractivity contribution < 1.29 is 0 Å². The Hall–Kier alpha value is -6.64. The molecule has 0 radical (unpaired) electrons. The summed E-state index contributed by atoms with van der Waals surface area (Å²) in [7, 11) is 0. The van der Waals surface area contributed by atoms with Gasteiger partial charge in [-0.2, -0.15) is 0 Å². The van der Waals surface area contributed by atoms with Crippen LogP contribution in [0.25, 0.3) is 77.4 Å². The predicted molar refractivity (Wildman–Crippen MR) is 210 cm³/mol. The Kier molecular flexibility index (Phi) is 5.91. The summed E-state index contributed by atoms with van der Waals surface area (Å²) < 4.78 is 0. The van der Waals surface area contributed by atoms with E-state index in [4.69, 9.17) is 9.97 Å². The molecule has 0 saturated heterocycles. The van der Waals surface area contributed by atoms with Crippen molar-refractivity contribution in [2.75, 3.05) is 0 Å². The average Bonchev–Trinajstić information content (AvgIpc) is 3.67. The van der Waals surface area contributed by atoms with E-state index in [0.29, 0.717) is 0 Å². The molecule has 2 aliphatic rings. The van der Waals surface area contributed by atoms with Crippen LogP contribution in [-0.4, -0.2) is 9.97 Å². The highest BCUT2D eigenvalue weighted by molar-refractivity contribution is 6.08. The van der Waals surface area contributed by atoms with Gasteiger partial charge >= 0.3 is 0 Å². The van der Waals surface area contributed by atoms with Crippen molar-refractivity contribution in [1.82, 2.24) is 9.97 Å². The molecule has 1 heterocycles. The van der Waals surface area contributed by atoms with E-state index in [0.717, 1.165) is 22.5 Å². The Balaban J connectivity index is 1.06. The van der Waals surface area contributed by atoms with Crippen LogP contribution < -0.4 is 0 Å². The average molecular weight is 647 g/mol. The highest BCUT2D eigenvalue weighted by atomic mass is 14.8. The zero-order chi connectivity index (χ0) is 33.5. The van der Waals surface area contributed by atoms with E-state index in [2.05, 4.69) is 152 Å². The topological polar surface area (TPSA) is 25.8 Å². The van der Waals surface area contributed by atoms with E-state index in [-0.39, 0.29) is 5.41 Å². The van der Waals surface area contributed by atoms with Gasteiger partial charge in [-0.3, -0.25) is 9.97 Å². The van der Waals surface area contributed by atoms with Crippen LogP contribution in [0.4, 0.5) is 0 Å². The molecule has 0 amide bonds. The zero-order valence-electron chi connectivity index (χ0n) is 27.7. The first kappa shape index (κ1) is 28.2. The quantitative estimate of drug-likeness (QED) is 0.191. The van der Waals surface area contributed by atoms with Gasteiger partial charge in [0.1, 0.15) is 0 Å². The fraction of sp³-hybridized carbons (Fsp3) is 0.0204. The fourth-order valence-electron chi connectivity index (χ4n) is 8.90. The number of benzene rings is 8. The third kappa shape index (κ3) is 3.99. The van der Waals surface area contributed by atoms with Crippen LogP contribution in [0.3, 0.4) is 0 Å². The summed E-state index contributed by atoms with van der Waals surface area (Å²) in [5.74, 6) is 0. The first-order valence-electron chi connectivity index (χ1n) is 17.6. The summed E-state index contributed by atoms with van der Waals surface area (Å²) in [6.45, 7) is 0. The predicted octanol–water partition coefficient (Wildman–Crippen LogP) is 12.1. The molecular weight excluding hydrogens is 617 g/mol. The normalized spacial score (nSPS) is 13.3. The van der Waals surface area contributed by atoms with Crippen molar-refractivity contribution in [3.8, 4) is 55.9 Å². The number of nitrogens with zero attached hydrogens (tertiary/aromatic N) is 2. The van der Waals surface area contributed by atoms with Crippen LogP contribution in [0.1, 0.15) is 22.3 Å². The standard InChI is InChI=1S/C49H30N2/c1-2-11-33(12-3-1)46-29-51-47(30-50-46)34-20-18-31(19-21-34)35-22-23-36-27-41-45(28-37(36)26-35)49(44-25-24-32-10-4-5-13-38(32)48(41)44)42-16-8-6-14-39(42)40-15-7-9-17-43(40)49/h1-30H. The summed E-state index contributed by atoms with van der Waals surface area (Å²) in [5, 5.41) is 5.08. The molecule has 8 aromatic carbocycles. The van der Waals surface area contributed by atoms with E-state index >= 15 is 0 Å². The van der Waals surface area contributed by atoms with Gasteiger partial charge in [0.2, 0.25) is 0 Å². The molecule has 0 saturated carbocycles. The molecular formula is C49H30N2. The smallest absolute Gasteiger partial charge is 0.0885 e. The van der Waals surface area contributed by atoms with E-state index in [1.807, 2.05) is 30.6 Å². The first-order valence-corrected chi connectivity index (χ1v) is 17.6. The number of aromatic nitrogens is 2. The highest BCUT2D eigenvalue weighted by Gasteiger charge is 2.52. The first-order chi connectivity index (χ1) is 25.3. The minimum absolute atomic E-state index is 0.384. The minimum Gasteiger partial charge on any atom is -0.252 e. The van der Waals surface area contributed by atoms with Crippen molar-refractivity contribution in [2.45, 2.75) is 5.41 Å². The highest BCUT2D eigenvalue weighted by Crippen LogP contribution is 2.64. The summed E-state index contributed by atoms with van der Waals surface area (Å²) >= 11 is 0. The third-order valence-electron chi connectivity index (χ3n) is 11.2. The second-order valence-electron chi connectivity index (χ2n) is 13.7. The van der Waals surface area contributed by atoms with Crippen LogP contribution >= 0.6 is 0 Å². The summed E-state index contributed by atoms with van der Waals surface area (Å²) in [6, 6.07) is 62.3. The van der Waals surface area contributed by atoms with Crippen molar-refractivity contribution in [3.05, 3.63) is 205 Å². The van der Waals surface area contributed by atoms with Gasteiger partial charge in [-0.25, -0.2) is 0 Å². The Morgan fingerprint density at radius 1 is 0.333 bits per heavy atom. The second-order valence-corrected chi connectivity index (χ2v) is 13.7. The van der Waals surface area contributed by atoms with Crippen LogP contribution in [0.15, 0.2) is 182 Å². The molecule has 2 aliphatic carbocycles. The Bertz CT molecular complexity index is 2790. The van der Waals surface area contributed by atoms with Crippen molar-refractivity contribution in [1.29, 1.82) is 0 Å². The van der Waals surface area contributed by atoms with Crippen LogP contribution in [0.5, 0.6) is 0 Å². The number of rotatable bonds is 3. The van der Waals surface area contributed by atoms with Gasteiger partial charge in [0.05, 0.1) is 29.2 Å². The monoisotopic (exact) mass is 646 g/mol. The molecule has 9 aromatic rings. The maximum absolute atomic E-state index is 4.74. The van der Waals surface area contributed by atoms with Crippen LogP contribution in [0.2, 0.25) is 0 Å². The Morgan fingerprint density at radius 3 is 1.65 bits per heavy atom. The van der Waals surface area contributed by atoms with Gasteiger partial charge in [-0.1, -0.05) is 152 Å². The lowest BCUT2D eigenvalue weighted by atomic mass is 9.70. The molecule has 0 fully saturated rings. The lowest BCUT2D eigenvalue weighted by Gasteiger charge is -2.30. The summed E-state index contributed by atoms with van der Waals surface area (Å²) in [4.78, 5) is 9.44. The van der Waals surface area contributed by atoms with E-state index in [9.17, 15) is 0 Å². The van der Waals surface area contributed by atoms with Crippen LogP contribution in [0, 0.1) is 0 Å². The van der Waals surface area contributed by atoms with Gasteiger partial charge < -0.3 is 0 Å². The maximum Gasteiger partial charge on any atom is 0.0885 e. The Labute approximate surface area is 296 Å². The van der Waals surface area contributed by atoms with Gasteiger partial charge in [0.25, 0.3) is 0 Å².